The van der Waals surface area contributed by atoms with E-state index in [-0.39, 0.29) is 26.1 Å². The van der Waals surface area contributed by atoms with Crippen LogP contribution >= 0.6 is 0 Å². The summed E-state index contributed by atoms with van der Waals surface area (Å²) in [6.45, 7) is 13.2. The molecule has 0 aliphatic carbocycles. The molecule has 0 fully saturated rings. The van der Waals surface area contributed by atoms with E-state index in [0.717, 1.165) is 43.2 Å². The molecule has 2 unspecified atom stereocenters. The van der Waals surface area contributed by atoms with Crippen molar-refractivity contribution in [3.8, 4) is 0 Å². The first-order valence-corrected chi connectivity index (χ1v) is 15.3. The monoisotopic (exact) mass is 604 g/mol. The highest BCUT2D eigenvalue weighted by Gasteiger charge is 2.37. The Kier molecular flexibility index (Phi) is 16.4. The number of unbranched alkanes of at least 4 members (excludes halogenated alkanes) is 5. The fraction of sp³-hybridized carbons (Fsp3) is 0.656. The normalized spacial score (nSPS) is 12.5. The quantitative estimate of drug-likeness (QED) is 0.166. The fourth-order valence-corrected chi connectivity index (χ4v) is 4.51. The van der Waals surface area contributed by atoms with Crippen LogP contribution in [0, 0.1) is 13.8 Å². The molecule has 0 aliphatic rings. The van der Waals surface area contributed by atoms with Crippen molar-refractivity contribution >= 4 is 29.8 Å². The van der Waals surface area contributed by atoms with Gasteiger partial charge >= 0.3 is 12.1 Å². The molecule has 0 spiro atoms. The number of benzene rings is 1. The highest BCUT2D eigenvalue weighted by atomic mass is 16.6. The molecule has 0 aliphatic heterocycles. The summed E-state index contributed by atoms with van der Waals surface area (Å²) in [7, 11) is 0. The topological polar surface area (TPSA) is 157 Å². The minimum atomic E-state index is -1.35. The van der Waals surface area contributed by atoms with Gasteiger partial charge in [-0.25, -0.2) is 4.79 Å². The van der Waals surface area contributed by atoms with E-state index in [9.17, 15) is 24.0 Å². The van der Waals surface area contributed by atoms with Gasteiger partial charge in [0.25, 0.3) is 0 Å². The summed E-state index contributed by atoms with van der Waals surface area (Å²) in [5.41, 5.74) is 7.13. The number of ether oxygens (including phenoxy) is 2. The summed E-state index contributed by atoms with van der Waals surface area (Å²) in [5, 5.41) is 5.27. The van der Waals surface area contributed by atoms with Gasteiger partial charge in [-0.3, -0.25) is 19.2 Å². The van der Waals surface area contributed by atoms with Gasteiger partial charge in [0.05, 0.1) is 19.4 Å². The number of primary amides is 1. The first-order valence-electron chi connectivity index (χ1n) is 15.3. The number of nitrogens with two attached hydrogens (primary N) is 1. The highest BCUT2D eigenvalue weighted by Crippen LogP contribution is 2.26. The molecule has 4 amide bonds. The van der Waals surface area contributed by atoms with Crippen molar-refractivity contribution in [2.75, 3.05) is 19.7 Å². The van der Waals surface area contributed by atoms with Gasteiger partial charge in [-0.05, 0) is 64.7 Å². The number of aryl methyl sites for hydroxylation is 2. The van der Waals surface area contributed by atoms with Crippen LogP contribution < -0.4 is 16.4 Å². The molecule has 0 heterocycles. The number of hydrogen-bond acceptors (Lipinski definition) is 7. The second-order valence-electron chi connectivity index (χ2n) is 11.8. The van der Waals surface area contributed by atoms with Crippen molar-refractivity contribution in [2.24, 2.45) is 5.73 Å². The van der Waals surface area contributed by atoms with E-state index in [1.54, 1.807) is 33.8 Å². The summed E-state index contributed by atoms with van der Waals surface area (Å²) in [6.07, 6.45) is 4.27. The Morgan fingerprint density at radius 3 is 2.19 bits per heavy atom. The molecule has 0 saturated carbocycles. The Morgan fingerprint density at radius 2 is 1.60 bits per heavy atom. The van der Waals surface area contributed by atoms with Crippen LogP contribution in [0.5, 0.6) is 0 Å². The van der Waals surface area contributed by atoms with Crippen molar-refractivity contribution in [1.82, 2.24) is 15.5 Å². The van der Waals surface area contributed by atoms with Gasteiger partial charge in [0, 0.05) is 13.1 Å². The molecule has 242 valence electrons. The average molecular weight is 605 g/mol. The Labute approximate surface area is 256 Å². The van der Waals surface area contributed by atoms with E-state index in [0.29, 0.717) is 12.0 Å². The predicted molar refractivity (Wildman–Crippen MR) is 165 cm³/mol. The molecule has 0 aromatic heterocycles. The molecule has 43 heavy (non-hydrogen) atoms. The van der Waals surface area contributed by atoms with Crippen LogP contribution in [0.1, 0.15) is 109 Å². The summed E-state index contributed by atoms with van der Waals surface area (Å²) < 4.78 is 10.3. The largest absolute Gasteiger partial charge is 0.466 e. The van der Waals surface area contributed by atoms with Crippen molar-refractivity contribution in [3.05, 3.63) is 34.9 Å². The lowest BCUT2D eigenvalue weighted by atomic mass is 9.97. The van der Waals surface area contributed by atoms with E-state index in [1.807, 2.05) is 26.0 Å². The molecule has 1 aromatic carbocycles. The summed E-state index contributed by atoms with van der Waals surface area (Å²) >= 11 is 0. The van der Waals surface area contributed by atoms with Gasteiger partial charge in [0.2, 0.25) is 17.7 Å². The number of amides is 4. The maximum atomic E-state index is 14.2. The first kappa shape index (κ1) is 37.4. The van der Waals surface area contributed by atoms with Crippen LogP contribution in [-0.2, 0) is 28.7 Å². The number of carbonyl (C=O) groups excluding carboxylic acids is 5. The number of nitrogens with zero attached hydrogens (tertiary/aromatic N) is 1. The van der Waals surface area contributed by atoms with Crippen LogP contribution in [0.25, 0.3) is 0 Å². The van der Waals surface area contributed by atoms with E-state index in [4.69, 9.17) is 15.2 Å². The van der Waals surface area contributed by atoms with Gasteiger partial charge < -0.3 is 30.7 Å². The van der Waals surface area contributed by atoms with Crippen LogP contribution in [-0.4, -0.2) is 66.0 Å². The zero-order valence-corrected chi connectivity index (χ0v) is 27.0. The second kappa shape index (κ2) is 18.8. The van der Waals surface area contributed by atoms with Gasteiger partial charge in [-0.2, -0.15) is 0 Å². The number of nitrogens with one attached hydrogen (secondary N) is 2. The van der Waals surface area contributed by atoms with Crippen molar-refractivity contribution in [2.45, 2.75) is 118 Å². The Bertz CT molecular complexity index is 1080. The third kappa shape index (κ3) is 14.4. The molecule has 0 bridgehead atoms. The van der Waals surface area contributed by atoms with E-state index >= 15 is 0 Å². The molecule has 11 nitrogen and oxygen atoms in total. The van der Waals surface area contributed by atoms with Crippen LogP contribution in [0.3, 0.4) is 0 Å². The molecular weight excluding hydrogens is 552 g/mol. The zero-order chi connectivity index (χ0) is 32.6. The third-order valence-corrected chi connectivity index (χ3v) is 6.77. The number of alkyl carbamates (subject to hydrolysis) is 1. The number of rotatable bonds is 18. The zero-order valence-electron chi connectivity index (χ0n) is 27.0. The Balaban J connectivity index is 3.49. The van der Waals surface area contributed by atoms with E-state index in [2.05, 4.69) is 17.6 Å². The smallest absolute Gasteiger partial charge is 0.408 e. The SMILES string of the molecule is CCCCCCCCN(C(=O)C(CC(N)=O)NC(=O)OC(C)(C)C)C(C(=O)NCCC(=O)OCC)c1ccc(C)c(C)c1. The number of esters is 1. The van der Waals surface area contributed by atoms with E-state index in [1.165, 1.54) is 4.90 Å². The van der Waals surface area contributed by atoms with Crippen LogP contribution in [0.2, 0.25) is 0 Å². The minimum Gasteiger partial charge on any atom is -0.466 e. The van der Waals surface area contributed by atoms with Crippen LogP contribution in [0.4, 0.5) is 4.79 Å². The molecule has 0 saturated heterocycles. The highest BCUT2D eigenvalue weighted by molar-refractivity contribution is 5.94. The first-order chi connectivity index (χ1) is 20.2. The molecule has 1 rings (SSSR count). The van der Waals surface area contributed by atoms with Crippen LogP contribution in [0.15, 0.2) is 18.2 Å². The summed E-state index contributed by atoms with van der Waals surface area (Å²) in [6, 6.07) is 3.05. The molecule has 11 heteroatoms. The van der Waals surface area contributed by atoms with Gasteiger partial charge in [0.15, 0.2) is 0 Å². The van der Waals surface area contributed by atoms with Crippen molar-refractivity contribution < 1.29 is 33.4 Å². The van der Waals surface area contributed by atoms with Gasteiger partial charge in [0.1, 0.15) is 17.7 Å². The molecule has 1 aromatic rings. The van der Waals surface area contributed by atoms with Gasteiger partial charge in [-0.15, -0.1) is 0 Å². The fourth-order valence-electron chi connectivity index (χ4n) is 4.51. The maximum Gasteiger partial charge on any atom is 0.408 e. The Hall–Kier alpha value is -3.63. The number of carbonyl (C=O) groups is 5. The molecule has 4 N–H and O–H groups in total. The average Bonchev–Trinajstić information content (AvgIpc) is 2.89. The van der Waals surface area contributed by atoms with Gasteiger partial charge in [-0.1, -0.05) is 57.2 Å². The van der Waals surface area contributed by atoms with E-state index < -0.39 is 53.9 Å². The third-order valence-electron chi connectivity index (χ3n) is 6.77. The minimum absolute atomic E-state index is 0.0128. The summed E-state index contributed by atoms with van der Waals surface area (Å²) in [5.74, 6) is -2.38. The predicted octanol–water partition coefficient (Wildman–Crippen LogP) is 4.37. The summed E-state index contributed by atoms with van der Waals surface area (Å²) in [4.78, 5) is 66.0. The number of hydrogen-bond donors (Lipinski definition) is 3. The maximum absolute atomic E-state index is 14.2. The standard InChI is InChI=1S/C32H52N4O7/c1-8-10-11-12-13-14-19-36(30(40)25(21-26(33)37)35-31(41)43-32(5,6)7)28(24-16-15-22(3)23(4)20-24)29(39)34-18-17-27(38)42-9-2/h15-16,20,25,28H,8-14,17-19,21H2,1-7H3,(H2,33,37)(H,34,39)(H,35,41). The lowest BCUT2D eigenvalue weighted by molar-refractivity contribution is -0.144. The molecule has 0 radical (unpaired) electrons. The lowest BCUT2D eigenvalue weighted by Gasteiger charge is -2.34. The molecule has 2 atom stereocenters. The lowest BCUT2D eigenvalue weighted by Crippen LogP contribution is -2.54. The molecular formula is C32H52N4O7. The second-order valence-corrected chi connectivity index (χ2v) is 11.8. The van der Waals surface area contributed by atoms with Crippen molar-refractivity contribution in [3.63, 3.8) is 0 Å². The van der Waals surface area contributed by atoms with Crippen molar-refractivity contribution in [1.29, 1.82) is 0 Å². The Morgan fingerprint density at radius 1 is 0.953 bits per heavy atom.